The lowest BCUT2D eigenvalue weighted by atomic mass is 10.1. The zero-order valence-electron chi connectivity index (χ0n) is 11.0. The molecular formula is C12H18FN4O2+. The van der Waals surface area contributed by atoms with Crippen LogP contribution in [0, 0.1) is 15.9 Å². The van der Waals surface area contributed by atoms with E-state index >= 15 is 0 Å². The van der Waals surface area contributed by atoms with Crippen molar-refractivity contribution in [3.8, 4) is 0 Å². The van der Waals surface area contributed by atoms with E-state index in [1.807, 2.05) is 4.90 Å². The molecule has 1 fully saturated rings. The van der Waals surface area contributed by atoms with Crippen molar-refractivity contribution in [2.24, 2.45) is 0 Å². The minimum Gasteiger partial charge on any atom is -0.393 e. The second-order valence-corrected chi connectivity index (χ2v) is 5.17. The first-order chi connectivity index (χ1) is 8.88. The smallest absolute Gasteiger partial charge is 0.295 e. The summed E-state index contributed by atoms with van der Waals surface area (Å²) in [5, 5.41) is 12.9. The minimum atomic E-state index is -0.669. The number of hydrogen-bond acceptors (Lipinski definition) is 4. The maximum Gasteiger partial charge on any atom is 0.295 e. The van der Waals surface area contributed by atoms with Gasteiger partial charge in [0.15, 0.2) is 5.82 Å². The monoisotopic (exact) mass is 269 g/mol. The van der Waals surface area contributed by atoms with Gasteiger partial charge in [0.2, 0.25) is 0 Å². The van der Waals surface area contributed by atoms with Gasteiger partial charge in [0.05, 0.1) is 29.8 Å². The van der Waals surface area contributed by atoms with E-state index in [-0.39, 0.29) is 11.4 Å². The molecule has 1 aliphatic rings. The van der Waals surface area contributed by atoms with Gasteiger partial charge in [-0.25, -0.2) is 4.39 Å². The summed E-state index contributed by atoms with van der Waals surface area (Å²) in [5.74, 6) is -0.595. The highest BCUT2D eigenvalue weighted by molar-refractivity contribution is 5.67. The number of piperazine rings is 1. The molecule has 0 aromatic heterocycles. The van der Waals surface area contributed by atoms with E-state index in [9.17, 15) is 14.5 Å². The number of hydrogen-bond donors (Lipinski definition) is 2. The van der Waals surface area contributed by atoms with Crippen LogP contribution in [0.15, 0.2) is 12.1 Å². The largest absolute Gasteiger partial charge is 0.393 e. The highest BCUT2D eigenvalue weighted by Crippen LogP contribution is 2.30. The lowest BCUT2D eigenvalue weighted by Gasteiger charge is -2.35. The zero-order valence-corrected chi connectivity index (χ0v) is 11.0. The summed E-state index contributed by atoms with van der Waals surface area (Å²) >= 11 is 0. The van der Waals surface area contributed by atoms with Crippen molar-refractivity contribution >= 4 is 17.1 Å². The second kappa shape index (κ2) is 5.00. The molecule has 0 unspecified atom stereocenters. The third kappa shape index (κ3) is 2.76. The van der Waals surface area contributed by atoms with Crippen LogP contribution >= 0.6 is 0 Å². The van der Waals surface area contributed by atoms with Crippen LogP contribution in [0.2, 0.25) is 0 Å². The SMILES string of the molecule is C[C@H]1CN(c2cc(N)c([N+](=O)[O-])cc2F)C[C@H](C)[NH2+]1. The van der Waals surface area contributed by atoms with Gasteiger partial charge in [0.1, 0.15) is 17.8 Å². The van der Waals surface area contributed by atoms with Crippen LogP contribution < -0.4 is 16.0 Å². The maximum absolute atomic E-state index is 14.0. The Kier molecular flexibility index (Phi) is 3.57. The molecule has 2 rings (SSSR count). The van der Waals surface area contributed by atoms with E-state index < -0.39 is 10.7 Å². The Hall–Kier alpha value is -1.89. The molecule has 1 aliphatic heterocycles. The van der Waals surface area contributed by atoms with Crippen LogP contribution in [0.3, 0.4) is 0 Å². The number of nitrogens with zero attached hydrogens (tertiary/aromatic N) is 2. The number of nitrogen functional groups attached to an aromatic ring is 1. The minimum absolute atomic E-state index is 0.00346. The van der Waals surface area contributed by atoms with Crippen molar-refractivity contribution in [1.29, 1.82) is 0 Å². The van der Waals surface area contributed by atoms with Crippen molar-refractivity contribution in [3.05, 3.63) is 28.1 Å². The van der Waals surface area contributed by atoms with E-state index in [1.165, 1.54) is 6.07 Å². The first-order valence-corrected chi connectivity index (χ1v) is 6.22. The average molecular weight is 269 g/mol. The van der Waals surface area contributed by atoms with Gasteiger partial charge in [-0.15, -0.1) is 0 Å². The van der Waals surface area contributed by atoms with Gasteiger partial charge in [-0.3, -0.25) is 10.1 Å². The van der Waals surface area contributed by atoms with E-state index in [1.54, 1.807) is 0 Å². The topological polar surface area (TPSA) is 89.0 Å². The average Bonchev–Trinajstić information content (AvgIpc) is 2.30. The molecule has 0 saturated carbocycles. The summed E-state index contributed by atoms with van der Waals surface area (Å²) in [5.41, 5.74) is 5.58. The number of nitro groups is 1. The Morgan fingerprint density at radius 3 is 2.53 bits per heavy atom. The number of nitrogens with two attached hydrogens (primary N) is 2. The molecule has 19 heavy (non-hydrogen) atoms. The number of quaternary nitrogens is 1. The second-order valence-electron chi connectivity index (χ2n) is 5.17. The molecule has 0 bridgehead atoms. The molecule has 4 N–H and O–H groups in total. The van der Waals surface area contributed by atoms with E-state index in [0.29, 0.717) is 30.9 Å². The fourth-order valence-electron chi connectivity index (χ4n) is 2.62. The normalized spacial score (nSPS) is 23.4. The van der Waals surface area contributed by atoms with Crippen LogP contribution in [0.1, 0.15) is 13.8 Å². The van der Waals surface area contributed by atoms with Gasteiger partial charge < -0.3 is 16.0 Å². The fourth-order valence-corrected chi connectivity index (χ4v) is 2.62. The van der Waals surface area contributed by atoms with Gasteiger partial charge in [0, 0.05) is 0 Å². The molecule has 0 amide bonds. The first-order valence-electron chi connectivity index (χ1n) is 6.22. The highest BCUT2D eigenvalue weighted by Gasteiger charge is 2.28. The quantitative estimate of drug-likeness (QED) is 0.464. The first kappa shape index (κ1) is 13.5. The number of rotatable bonds is 2. The summed E-state index contributed by atoms with van der Waals surface area (Å²) in [6.07, 6.45) is 0. The molecule has 0 aliphatic carbocycles. The Morgan fingerprint density at radius 1 is 1.42 bits per heavy atom. The van der Waals surface area contributed by atoms with E-state index in [4.69, 9.17) is 5.73 Å². The number of halogens is 1. The molecule has 1 aromatic carbocycles. The molecule has 0 spiro atoms. The molecule has 1 saturated heterocycles. The maximum atomic E-state index is 14.0. The Morgan fingerprint density at radius 2 is 2.00 bits per heavy atom. The molecule has 2 atom stereocenters. The van der Waals surface area contributed by atoms with Gasteiger partial charge >= 0.3 is 0 Å². The Labute approximate surface area is 110 Å². The molecular weight excluding hydrogens is 251 g/mol. The van der Waals surface area contributed by atoms with Gasteiger partial charge in [0.25, 0.3) is 5.69 Å². The fraction of sp³-hybridized carbons (Fsp3) is 0.500. The van der Waals surface area contributed by atoms with Crippen LogP contribution in [-0.2, 0) is 0 Å². The van der Waals surface area contributed by atoms with Crippen molar-refractivity contribution in [3.63, 3.8) is 0 Å². The van der Waals surface area contributed by atoms with Crippen molar-refractivity contribution in [2.75, 3.05) is 23.7 Å². The summed E-state index contributed by atoms with van der Waals surface area (Å²) in [7, 11) is 0. The molecule has 1 heterocycles. The number of nitro benzene ring substituents is 1. The predicted octanol–water partition coefficient (Wildman–Crippen LogP) is 0.477. The van der Waals surface area contributed by atoms with Gasteiger partial charge in [-0.2, -0.15) is 0 Å². The van der Waals surface area contributed by atoms with Crippen molar-refractivity contribution in [2.45, 2.75) is 25.9 Å². The predicted molar refractivity (Wildman–Crippen MR) is 70.5 cm³/mol. The molecule has 0 radical (unpaired) electrons. The van der Waals surface area contributed by atoms with Crippen LogP contribution in [0.25, 0.3) is 0 Å². The van der Waals surface area contributed by atoms with Crippen LogP contribution in [-0.4, -0.2) is 30.1 Å². The lowest BCUT2D eigenvalue weighted by Crippen LogP contribution is -2.99. The van der Waals surface area contributed by atoms with E-state index in [2.05, 4.69) is 19.2 Å². The third-order valence-corrected chi connectivity index (χ3v) is 3.31. The highest BCUT2D eigenvalue weighted by atomic mass is 19.1. The number of anilines is 2. The molecule has 7 heteroatoms. The zero-order chi connectivity index (χ0) is 14.2. The number of benzene rings is 1. The molecule has 6 nitrogen and oxygen atoms in total. The standard InChI is InChI=1S/C12H17FN4O2/c1-7-5-16(6-8(2)15-7)11-4-10(14)12(17(18)19)3-9(11)13/h3-4,7-8,15H,5-6,14H2,1-2H3/p+1/t7-,8-/m0/s1. The van der Waals surface area contributed by atoms with Crippen molar-refractivity contribution in [1.82, 2.24) is 0 Å². The molecule has 104 valence electrons. The third-order valence-electron chi connectivity index (χ3n) is 3.31. The summed E-state index contributed by atoms with van der Waals surface area (Å²) in [4.78, 5) is 11.9. The Bertz CT molecular complexity index is 499. The lowest BCUT2D eigenvalue weighted by molar-refractivity contribution is -0.716. The summed E-state index contributed by atoms with van der Waals surface area (Å²) in [6.45, 7) is 5.52. The molecule has 1 aromatic rings. The van der Waals surface area contributed by atoms with E-state index in [0.717, 1.165) is 6.07 Å². The Balaban J connectivity index is 2.35. The van der Waals surface area contributed by atoms with Crippen LogP contribution in [0.4, 0.5) is 21.5 Å². The van der Waals surface area contributed by atoms with Crippen molar-refractivity contribution < 1.29 is 14.6 Å². The van der Waals surface area contributed by atoms with Gasteiger partial charge in [-0.05, 0) is 19.9 Å². The summed E-state index contributed by atoms with van der Waals surface area (Å²) < 4.78 is 14.0. The van der Waals surface area contributed by atoms with Gasteiger partial charge in [-0.1, -0.05) is 0 Å². The van der Waals surface area contributed by atoms with Crippen LogP contribution in [0.5, 0.6) is 0 Å². The summed E-state index contributed by atoms with van der Waals surface area (Å²) in [6, 6.07) is 2.95.